The molecule has 3 heterocycles. The number of hydrogen-bond acceptors (Lipinski definition) is 4. The molecule has 2 aromatic heterocycles. The Hall–Kier alpha value is -1.72. The van der Waals surface area contributed by atoms with Crippen molar-refractivity contribution >= 4 is 16.3 Å². The average Bonchev–Trinajstić information content (AvgIpc) is 2.95. The Morgan fingerprint density at radius 2 is 2.16 bits per heavy atom. The van der Waals surface area contributed by atoms with Crippen molar-refractivity contribution in [3.63, 3.8) is 0 Å². The Labute approximate surface area is 115 Å². The van der Waals surface area contributed by atoms with Gasteiger partial charge in [0.15, 0.2) is 0 Å². The minimum atomic E-state index is 0.277. The van der Waals surface area contributed by atoms with Crippen molar-refractivity contribution in [2.75, 3.05) is 6.54 Å². The van der Waals surface area contributed by atoms with Crippen LogP contribution in [-0.2, 0) is 6.42 Å². The summed E-state index contributed by atoms with van der Waals surface area (Å²) in [6.07, 6.45) is 1.02. The van der Waals surface area contributed by atoms with E-state index in [2.05, 4.69) is 45.7 Å². The van der Waals surface area contributed by atoms with Crippen molar-refractivity contribution in [3.8, 4) is 0 Å². The maximum Gasteiger partial charge on any atom is 0.212 e. The van der Waals surface area contributed by atoms with Crippen LogP contribution >= 0.6 is 11.3 Å². The predicted molar refractivity (Wildman–Crippen MR) is 75.6 cm³/mol. The molecule has 96 valence electrons. The van der Waals surface area contributed by atoms with Gasteiger partial charge in [0.2, 0.25) is 4.96 Å². The summed E-state index contributed by atoms with van der Waals surface area (Å²) < 4.78 is 2.02. The Balaban J connectivity index is 1.89. The maximum absolute atomic E-state index is 4.50. The molecule has 0 radical (unpaired) electrons. The number of nitrogens with zero attached hydrogens (tertiary/aromatic N) is 3. The lowest BCUT2D eigenvalue weighted by atomic mass is 10.0. The molecular weight excluding hydrogens is 256 g/mol. The van der Waals surface area contributed by atoms with E-state index in [-0.39, 0.29) is 6.04 Å². The average molecular weight is 270 g/mol. The fourth-order valence-corrected chi connectivity index (χ4v) is 3.95. The van der Waals surface area contributed by atoms with Crippen LogP contribution in [0.3, 0.4) is 0 Å². The molecule has 0 amide bonds. The van der Waals surface area contributed by atoms with E-state index in [9.17, 15) is 0 Å². The van der Waals surface area contributed by atoms with Gasteiger partial charge in [-0.2, -0.15) is 5.10 Å². The highest BCUT2D eigenvalue weighted by Gasteiger charge is 2.26. The Kier molecular flexibility index (Phi) is 2.43. The third kappa shape index (κ3) is 1.69. The third-order valence-corrected chi connectivity index (χ3v) is 4.67. The molecule has 0 saturated carbocycles. The molecule has 0 aliphatic carbocycles. The van der Waals surface area contributed by atoms with Gasteiger partial charge in [-0.3, -0.25) is 0 Å². The van der Waals surface area contributed by atoms with Crippen LogP contribution in [-0.4, -0.2) is 21.1 Å². The summed E-state index contributed by atoms with van der Waals surface area (Å²) >= 11 is 1.75. The lowest BCUT2D eigenvalue weighted by Crippen LogP contribution is -2.30. The molecule has 4 nitrogen and oxygen atoms in total. The van der Waals surface area contributed by atoms with Crippen LogP contribution < -0.4 is 5.32 Å². The zero-order chi connectivity index (χ0) is 12.8. The monoisotopic (exact) mass is 270 g/mol. The first kappa shape index (κ1) is 11.1. The van der Waals surface area contributed by atoms with Crippen molar-refractivity contribution in [2.24, 2.45) is 0 Å². The van der Waals surface area contributed by atoms with Crippen LogP contribution in [0.1, 0.15) is 28.0 Å². The highest BCUT2D eigenvalue weighted by atomic mass is 32.1. The van der Waals surface area contributed by atoms with Crippen LogP contribution in [0.4, 0.5) is 0 Å². The second-order valence-electron chi connectivity index (χ2n) is 4.81. The summed E-state index contributed by atoms with van der Waals surface area (Å²) in [5.41, 5.74) is 2.62. The Morgan fingerprint density at radius 1 is 1.32 bits per heavy atom. The first-order valence-electron chi connectivity index (χ1n) is 6.46. The van der Waals surface area contributed by atoms with E-state index in [0.717, 1.165) is 23.8 Å². The fraction of sp³-hybridized carbons (Fsp3) is 0.286. The van der Waals surface area contributed by atoms with E-state index >= 15 is 0 Å². The van der Waals surface area contributed by atoms with Crippen LogP contribution in [0, 0.1) is 6.92 Å². The van der Waals surface area contributed by atoms with Gasteiger partial charge >= 0.3 is 0 Å². The van der Waals surface area contributed by atoms with Crippen LogP contribution in [0.25, 0.3) is 4.96 Å². The van der Waals surface area contributed by atoms with Gasteiger partial charge < -0.3 is 5.32 Å². The summed E-state index contributed by atoms with van der Waals surface area (Å²) in [6.45, 7) is 2.93. The summed E-state index contributed by atoms with van der Waals surface area (Å²) in [7, 11) is 0. The number of aryl methyl sites for hydroxylation is 1. The molecule has 0 fully saturated rings. The van der Waals surface area contributed by atoms with Crippen molar-refractivity contribution in [2.45, 2.75) is 19.4 Å². The van der Waals surface area contributed by atoms with Gasteiger partial charge in [-0.15, -0.1) is 0 Å². The third-order valence-electron chi connectivity index (χ3n) is 3.53. The molecule has 0 bridgehead atoms. The molecule has 1 aromatic carbocycles. The number of nitrogens with one attached hydrogen (secondary N) is 1. The molecule has 1 unspecified atom stereocenters. The molecule has 19 heavy (non-hydrogen) atoms. The molecule has 0 saturated heterocycles. The smallest absolute Gasteiger partial charge is 0.212 e. The Morgan fingerprint density at radius 3 is 3.00 bits per heavy atom. The normalized spacial score (nSPS) is 18.7. The molecule has 5 heteroatoms. The molecule has 0 spiro atoms. The highest BCUT2D eigenvalue weighted by molar-refractivity contribution is 7.17. The van der Waals surface area contributed by atoms with Gasteiger partial charge in [0.25, 0.3) is 0 Å². The zero-order valence-electron chi connectivity index (χ0n) is 10.6. The van der Waals surface area contributed by atoms with Crippen molar-refractivity contribution in [1.29, 1.82) is 0 Å². The van der Waals surface area contributed by atoms with Gasteiger partial charge in [0.1, 0.15) is 5.82 Å². The topological polar surface area (TPSA) is 42.2 Å². The van der Waals surface area contributed by atoms with Gasteiger partial charge in [-0.25, -0.2) is 9.50 Å². The van der Waals surface area contributed by atoms with E-state index in [4.69, 9.17) is 0 Å². The minimum absolute atomic E-state index is 0.277. The standard InChI is InChI=1S/C14H14N4S/c1-9-16-14-18(17-9)11-7-8-15-12(13(11)19-14)10-5-3-2-4-6-10/h2-6,12,15H,7-8H2,1H3. The molecular formula is C14H14N4S. The van der Waals surface area contributed by atoms with Crippen LogP contribution in [0.2, 0.25) is 0 Å². The zero-order valence-corrected chi connectivity index (χ0v) is 11.4. The fourth-order valence-electron chi connectivity index (χ4n) is 2.70. The summed E-state index contributed by atoms with van der Waals surface area (Å²) in [4.78, 5) is 6.85. The maximum atomic E-state index is 4.50. The number of benzene rings is 1. The van der Waals surface area contributed by atoms with Crippen molar-refractivity contribution in [3.05, 3.63) is 52.3 Å². The molecule has 3 aromatic rings. The lowest BCUT2D eigenvalue weighted by Gasteiger charge is -2.23. The van der Waals surface area contributed by atoms with Crippen molar-refractivity contribution in [1.82, 2.24) is 19.9 Å². The number of hydrogen-bond donors (Lipinski definition) is 1. The first-order chi connectivity index (χ1) is 9.33. The predicted octanol–water partition coefficient (Wildman–Crippen LogP) is 2.33. The van der Waals surface area contributed by atoms with E-state index in [0.29, 0.717) is 0 Å². The van der Waals surface area contributed by atoms with E-state index in [1.165, 1.54) is 16.1 Å². The largest absolute Gasteiger partial charge is 0.305 e. The number of fused-ring (bicyclic) bond motifs is 3. The molecule has 4 rings (SSSR count). The summed E-state index contributed by atoms with van der Waals surface area (Å²) in [5, 5.41) is 8.10. The Bertz CT molecular complexity index is 729. The minimum Gasteiger partial charge on any atom is -0.305 e. The van der Waals surface area contributed by atoms with E-state index < -0.39 is 0 Å². The number of aromatic nitrogens is 3. The van der Waals surface area contributed by atoms with Gasteiger partial charge in [0, 0.05) is 13.0 Å². The molecule has 1 atom stereocenters. The SMILES string of the molecule is Cc1nc2sc3c(n2n1)CCNC3c1ccccc1. The van der Waals surface area contributed by atoms with Gasteiger partial charge in [-0.05, 0) is 12.5 Å². The number of rotatable bonds is 1. The van der Waals surface area contributed by atoms with E-state index in [1.807, 2.05) is 11.4 Å². The quantitative estimate of drug-likeness (QED) is 0.738. The summed E-state index contributed by atoms with van der Waals surface area (Å²) in [6, 6.07) is 10.9. The molecule has 1 aliphatic rings. The molecule has 1 N–H and O–H groups in total. The second kappa shape index (κ2) is 4.15. The molecule has 1 aliphatic heterocycles. The van der Waals surface area contributed by atoms with Crippen LogP contribution in [0.15, 0.2) is 30.3 Å². The summed E-state index contributed by atoms with van der Waals surface area (Å²) in [5.74, 6) is 0.851. The van der Waals surface area contributed by atoms with E-state index in [1.54, 1.807) is 11.3 Å². The van der Waals surface area contributed by atoms with Crippen molar-refractivity contribution < 1.29 is 0 Å². The van der Waals surface area contributed by atoms with Gasteiger partial charge in [-0.1, -0.05) is 41.7 Å². The second-order valence-corrected chi connectivity index (χ2v) is 5.82. The van der Waals surface area contributed by atoms with Crippen LogP contribution in [0.5, 0.6) is 0 Å². The first-order valence-corrected chi connectivity index (χ1v) is 7.28. The highest BCUT2D eigenvalue weighted by Crippen LogP contribution is 2.34. The number of thiazole rings is 1. The lowest BCUT2D eigenvalue weighted by molar-refractivity contribution is 0.561. The van der Waals surface area contributed by atoms with Gasteiger partial charge in [0.05, 0.1) is 16.6 Å².